The van der Waals surface area contributed by atoms with Gasteiger partial charge < -0.3 is 19.9 Å². The van der Waals surface area contributed by atoms with E-state index in [1.807, 2.05) is 0 Å². The van der Waals surface area contributed by atoms with E-state index in [0.29, 0.717) is 19.8 Å². The van der Waals surface area contributed by atoms with Gasteiger partial charge in [0.1, 0.15) is 5.69 Å². The van der Waals surface area contributed by atoms with Gasteiger partial charge in [-0.2, -0.15) is 0 Å². The molecule has 7 heteroatoms. The van der Waals surface area contributed by atoms with Gasteiger partial charge in [-0.05, 0) is 12.1 Å². The zero-order valence-electron chi connectivity index (χ0n) is 10.2. The number of aromatic nitrogens is 1. The minimum atomic E-state index is -1.18. The fourth-order valence-corrected chi connectivity index (χ4v) is 1.70. The van der Waals surface area contributed by atoms with E-state index in [1.54, 1.807) is 0 Å². The maximum Gasteiger partial charge on any atom is 0.338 e. The van der Waals surface area contributed by atoms with Crippen LogP contribution in [0.5, 0.6) is 0 Å². The van der Waals surface area contributed by atoms with Crippen molar-refractivity contribution in [2.24, 2.45) is 0 Å². The van der Waals surface area contributed by atoms with Crippen molar-refractivity contribution in [3.8, 4) is 0 Å². The van der Waals surface area contributed by atoms with Crippen LogP contribution in [0.3, 0.4) is 0 Å². The van der Waals surface area contributed by atoms with Gasteiger partial charge in [-0.15, -0.1) is 0 Å². The summed E-state index contributed by atoms with van der Waals surface area (Å²) in [5.41, 5.74) is -0.229. The van der Waals surface area contributed by atoms with Crippen molar-refractivity contribution >= 4 is 11.9 Å². The Hall–Kier alpha value is -1.99. The lowest BCUT2D eigenvalue weighted by Gasteiger charge is -2.23. The second-order valence-corrected chi connectivity index (χ2v) is 3.98. The van der Waals surface area contributed by atoms with Crippen molar-refractivity contribution in [3.63, 3.8) is 0 Å². The molecule has 19 heavy (non-hydrogen) atoms. The lowest BCUT2D eigenvalue weighted by molar-refractivity contribution is -0.0855. The van der Waals surface area contributed by atoms with Crippen LogP contribution < -0.4 is 5.32 Å². The standard InChI is InChI=1S/C12H14N2O5/c15-11(14-6-8-7-18-4-5-19-8)10-9(12(16)17)2-1-3-13-10/h1-3,8H,4-7H2,(H,14,15)(H,16,17). The Kier molecular flexibility index (Phi) is 4.43. The molecule has 2 heterocycles. The average molecular weight is 266 g/mol. The summed E-state index contributed by atoms with van der Waals surface area (Å²) >= 11 is 0. The van der Waals surface area contributed by atoms with Crippen LogP contribution in [-0.2, 0) is 9.47 Å². The van der Waals surface area contributed by atoms with Gasteiger partial charge in [-0.3, -0.25) is 9.78 Å². The number of nitrogens with zero attached hydrogens (tertiary/aromatic N) is 1. The maximum absolute atomic E-state index is 11.9. The number of nitrogens with one attached hydrogen (secondary N) is 1. The second-order valence-electron chi connectivity index (χ2n) is 3.98. The molecular weight excluding hydrogens is 252 g/mol. The van der Waals surface area contributed by atoms with E-state index in [2.05, 4.69) is 10.3 Å². The predicted octanol–water partition coefficient (Wildman–Crippen LogP) is -0.0750. The summed E-state index contributed by atoms with van der Waals surface area (Å²) in [7, 11) is 0. The number of hydrogen-bond donors (Lipinski definition) is 2. The number of pyridine rings is 1. The van der Waals surface area contributed by atoms with Gasteiger partial charge in [0.05, 0.1) is 31.5 Å². The topological polar surface area (TPSA) is 97.8 Å². The third kappa shape index (κ3) is 3.49. The van der Waals surface area contributed by atoms with Crippen LogP contribution in [0.25, 0.3) is 0 Å². The van der Waals surface area contributed by atoms with Gasteiger partial charge in [-0.1, -0.05) is 0 Å². The third-order valence-corrected chi connectivity index (χ3v) is 2.63. The number of carbonyl (C=O) groups excluding carboxylic acids is 1. The molecule has 1 aliphatic rings. The van der Waals surface area contributed by atoms with Crippen LogP contribution in [-0.4, -0.2) is 54.4 Å². The first-order valence-corrected chi connectivity index (χ1v) is 5.84. The lowest BCUT2D eigenvalue weighted by atomic mass is 10.2. The zero-order chi connectivity index (χ0) is 13.7. The molecule has 1 saturated heterocycles. The first kappa shape index (κ1) is 13.4. The van der Waals surface area contributed by atoms with E-state index in [9.17, 15) is 9.59 Å². The number of aromatic carboxylic acids is 1. The van der Waals surface area contributed by atoms with Gasteiger partial charge >= 0.3 is 5.97 Å². The third-order valence-electron chi connectivity index (χ3n) is 2.63. The monoisotopic (exact) mass is 266 g/mol. The molecule has 0 spiro atoms. The Morgan fingerprint density at radius 3 is 3.00 bits per heavy atom. The minimum absolute atomic E-state index is 0.105. The summed E-state index contributed by atoms with van der Waals surface area (Å²) in [6.07, 6.45) is 1.16. The summed E-state index contributed by atoms with van der Waals surface area (Å²) in [5, 5.41) is 11.6. The molecule has 1 atom stereocenters. The maximum atomic E-state index is 11.9. The molecule has 2 N–H and O–H groups in total. The van der Waals surface area contributed by atoms with Crippen molar-refractivity contribution in [1.82, 2.24) is 10.3 Å². The molecule has 0 aliphatic carbocycles. The van der Waals surface area contributed by atoms with Crippen molar-refractivity contribution < 1.29 is 24.2 Å². The van der Waals surface area contributed by atoms with Gasteiger partial charge in [-0.25, -0.2) is 4.79 Å². The molecule has 1 aliphatic heterocycles. The van der Waals surface area contributed by atoms with Crippen molar-refractivity contribution in [1.29, 1.82) is 0 Å². The molecule has 7 nitrogen and oxygen atoms in total. The first-order valence-electron chi connectivity index (χ1n) is 5.84. The molecule has 0 bridgehead atoms. The number of rotatable bonds is 4. The summed E-state index contributed by atoms with van der Waals surface area (Å²) in [5.74, 6) is -1.72. The molecule has 2 rings (SSSR count). The van der Waals surface area contributed by atoms with E-state index in [1.165, 1.54) is 18.3 Å². The van der Waals surface area contributed by atoms with Crippen molar-refractivity contribution in [2.45, 2.75) is 6.10 Å². The summed E-state index contributed by atoms with van der Waals surface area (Å²) < 4.78 is 10.6. The SMILES string of the molecule is O=C(O)c1cccnc1C(=O)NCC1COCCO1. The molecule has 0 radical (unpaired) electrons. The number of carboxylic acid groups (broad SMARTS) is 1. The van der Waals surface area contributed by atoms with Crippen LogP contribution in [0.4, 0.5) is 0 Å². The molecule has 1 amide bonds. The average Bonchev–Trinajstić information content (AvgIpc) is 2.46. The lowest BCUT2D eigenvalue weighted by Crippen LogP contribution is -2.40. The van der Waals surface area contributed by atoms with Gasteiger partial charge in [0.25, 0.3) is 5.91 Å². The molecule has 102 valence electrons. The summed E-state index contributed by atoms with van der Waals surface area (Å²) in [6, 6.07) is 2.81. The fourth-order valence-electron chi connectivity index (χ4n) is 1.70. The fraction of sp³-hybridized carbons (Fsp3) is 0.417. The molecular formula is C12H14N2O5. The number of hydrogen-bond acceptors (Lipinski definition) is 5. The van der Waals surface area contributed by atoms with E-state index in [0.717, 1.165) is 0 Å². The van der Waals surface area contributed by atoms with Gasteiger partial charge in [0.2, 0.25) is 0 Å². The second kappa shape index (κ2) is 6.26. The number of carbonyl (C=O) groups is 2. The minimum Gasteiger partial charge on any atom is -0.478 e. The zero-order valence-corrected chi connectivity index (χ0v) is 10.2. The number of carboxylic acids is 1. The van der Waals surface area contributed by atoms with Gasteiger partial charge in [0.15, 0.2) is 0 Å². The van der Waals surface area contributed by atoms with Crippen LogP contribution in [0.1, 0.15) is 20.8 Å². The van der Waals surface area contributed by atoms with E-state index >= 15 is 0 Å². The smallest absolute Gasteiger partial charge is 0.338 e. The summed E-state index contributed by atoms with van der Waals surface area (Å²) in [4.78, 5) is 26.6. The largest absolute Gasteiger partial charge is 0.478 e. The van der Waals surface area contributed by atoms with Crippen LogP contribution in [0.15, 0.2) is 18.3 Å². The number of amides is 1. The highest BCUT2D eigenvalue weighted by Gasteiger charge is 2.20. The van der Waals surface area contributed by atoms with Crippen molar-refractivity contribution in [2.75, 3.05) is 26.4 Å². The van der Waals surface area contributed by atoms with E-state index < -0.39 is 11.9 Å². The predicted molar refractivity (Wildman–Crippen MR) is 64.1 cm³/mol. The molecule has 1 unspecified atom stereocenters. The Bertz CT molecular complexity index is 471. The summed E-state index contributed by atoms with van der Waals surface area (Å²) in [6.45, 7) is 1.71. The highest BCUT2D eigenvalue weighted by atomic mass is 16.6. The van der Waals surface area contributed by atoms with E-state index in [-0.39, 0.29) is 23.9 Å². The molecule has 1 aromatic heterocycles. The Labute approximate surface area is 109 Å². The highest BCUT2D eigenvalue weighted by molar-refractivity contribution is 6.03. The quantitative estimate of drug-likeness (QED) is 0.791. The Morgan fingerprint density at radius 1 is 1.47 bits per heavy atom. The number of ether oxygens (including phenoxy) is 2. The van der Waals surface area contributed by atoms with Crippen LogP contribution in [0.2, 0.25) is 0 Å². The highest BCUT2D eigenvalue weighted by Crippen LogP contribution is 2.06. The normalized spacial score (nSPS) is 18.8. The van der Waals surface area contributed by atoms with Gasteiger partial charge in [0, 0.05) is 12.7 Å². The van der Waals surface area contributed by atoms with Crippen LogP contribution >= 0.6 is 0 Å². The van der Waals surface area contributed by atoms with Crippen LogP contribution in [0, 0.1) is 0 Å². The molecule has 0 aromatic carbocycles. The first-order chi connectivity index (χ1) is 9.18. The van der Waals surface area contributed by atoms with Crippen molar-refractivity contribution in [3.05, 3.63) is 29.6 Å². The Balaban J connectivity index is 1.97. The molecule has 0 saturated carbocycles. The Morgan fingerprint density at radius 2 is 2.32 bits per heavy atom. The van der Waals surface area contributed by atoms with E-state index in [4.69, 9.17) is 14.6 Å². The molecule has 1 aromatic rings. The molecule has 1 fully saturated rings.